The van der Waals surface area contributed by atoms with Crippen LogP contribution in [-0.2, 0) is 32.8 Å². The molecule has 1 spiro atoms. The minimum Gasteiger partial charge on any atom is -0.466 e. The number of aromatic nitrogens is 1. The maximum Gasteiger partial charge on any atom is 0.317 e. The van der Waals surface area contributed by atoms with Crippen molar-refractivity contribution < 1.29 is 19.2 Å². The number of benzene rings is 4. The van der Waals surface area contributed by atoms with Crippen molar-refractivity contribution in [3.8, 4) is 0 Å². The van der Waals surface area contributed by atoms with Gasteiger partial charge in [-0.3, -0.25) is 9.59 Å². The zero-order valence-electron chi connectivity index (χ0n) is 25.7. The number of nitrogens with zero attached hydrogens (tertiary/aromatic N) is 1. The van der Waals surface area contributed by atoms with E-state index in [0.717, 1.165) is 41.8 Å². The van der Waals surface area contributed by atoms with Crippen LogP contribution in [0.25, 0.3) is 10.9 Å². The molecule has 5 aromatic rings. The van der Waals surface area contributed by atoms with Gasteiger partial charge >= 0.3 is 5.97 Å². The number of ether oxygens (including phenoxy) is 1. The van der Waals surface area contributed by atoms with Crippen LogP contribution >= 0.6 is 0 Å². The van der Waals surface area contributed by atoms with Gasteiger partial charge in [-0.25, -0.2) is 0 Å². The van der Waals surface area contributed by atoms with E-state index >= 15 is 4.79 Å². The maximum absolute atomic E-state index is 15.2. The lowest BCUT2D eigenvalue weighted by molar-refractivity contribution is -0.923. The summed E-state index contributed by atoms with van der Waals surface area (Å²) in [5.74, 6) is -1.23. The number of fused-ring (bicyclic) bond motifs is 4. The summed E-state index contributed by atoms with van der Waals surface area (Å²) < 4.78 is 5.85. The van der Waals surface area contributed by atoms with Crippen molar-refractivity contribution in [2.75, 3.05) is 26.2 Å². The van der Waals surface area contributed by atoms with E-state index in [1.165, 1.54) is 21.4 Å². The van der Waals surface area contributed by atoms with E-state index in [0.29, 0.717) is 26.1 Å². The highest BCUT2D eigenvalue weighted by Crippen LogP contribution is 2.48. The molecule has 2 N–H and O–H groups in total. The van der Waals surface area contributed by atoms with Gasteiger partial charge in [0.15, 0.2) is 0 Å². The van der Waals surface area contributed by atoms with Gasteiger partial charge in [0.2, 0.25) is 5.91 Å². The van der Waals surface area contributed by atoms with Gasteiger partial charge < -0.3 is 19.5 Å². The van der Waals surface area contributed by atoms with Crippen LogP contribution in [0.15, 0.2) is 115 Å². The smallest absolute Gasteiger partial charge is 0.317 e. The molecule has 3 atom stereocenters. The summed E-state index contributed by atoms with van der Waals surface area (Å²) in [5, 5.41) is 1.17. The molecule has 0 bridgehead atoms. The average Bonchev–Trinajstić information content (AvgIpc) is 3.47. The van der Waals surface area contributed by atoms with Gasteiger partial charge in [0.05, 0.1) is 25.6 Å². The summed E-state index contributed by atoms with van der Waals surface area (Å²) in [5.41, 5.74) is 5.53. The molecule has 1 fully saturated rings. The monoisotopic (exact) mass is 598 g/mol. The third kappa shape index (κ3) is 5.23. The summed E-state index contributed by atoms with van der Waals surface area (Å²) in [7, 11) is 0. The number of piperidine rings is 1. The number of quaternary nitrogens is 1. The second-order valence-electron chi connectivity index (χ2n) is 12.4. The Morgan fingerprint density at radius 2 is 1.51 bits per heavy atom. The lowest BCUT2D eigenvalue weighted by atomic mass is 9.69. The van der Waals surface area contributed by atoms with E-state index in [1.54, 1.807) is 0 Å². The zero-order valence-corrected chi connectivity index (χ0v) is 25.7. The van der Waals surface area contributed by atoms with Crippen molar-refractivity contribution >= 4 is 22.8 Å². The number of likely N-dealkylation sites (tertiary alicyclic amines) is 1. The molecule has 45 heavy (non-hydrogen) atoms. The summed E-state index contributed by atoms with van der Waals surface area (Å²) in [4.78, 5) is 36.6. The SMILES string of the molecule is CCOC(=O)[C@@H]1C[NH+](Cc2ccccc2)CC[C@@]12c1[nH]c3ccccc3c1CCN2C(=O)C(c1ccccc1)c1ccccc1. The molecular weight excluding hydrogens is 558 g/mol. The second kappa shape index (κ2) is 12.4. The van der Waals surface area contributed by atoms with Gasteiger partial charge in [0.25, 0.3) is 0 Å². The topological polar surface area (TPSA) is 66.8 Å². The number of carbonyl (C=O) groups is 2. The number of nitrogens with one attached hydrogen (secondary N) is 2. The second-order valence-corrected chi connectivity index (χ2v) is 12.4. The van der Waals surface area contributed by atoms with Crippen LogP contribution in [0.4, 0.5) is 0 Å². The quantitative estimate of drug-likeness (QED) is 0.252. The van der Waals surface area contributed by atoms with Crippen LogP contribution in [0, 0.1) is 5.92 Å². The standard InChI is InChI=1S/C39H39N3O3/c1-2-45-38(44)33-27-41(26-28-14-6-3-7-15-28)25-23-39(33)36-32(31-20-12-13-21-34(31)40-36)22-24-42(39)37(43)35(29-16-8-4-9-17-29)30-18-10-5-11-19-30/h3-21,33,35,40H,2,22-27H2,1H3/p+1/t33-,39-/m0/s1. The van der Waals surface area contributed by atoms with Crippen molar-refractivity contribution in [2.24, 2.45) is 5.92 Å². The first-order chi connectivity index (χ1) is 22.1. The van der Waals surface area contributed by atoms with Gasteiger partial charge in [0, 0.05) is 35.1 Å². The predicted octanol–water partition coefficient (Wildman–Crippen LogP) is 5.25. The molecule has 2 aliphatic heterocycles. The number of hydrogen-bond acceptors (Lipinski definition) is 3. The van der Waals surface area contributed by atoms with Crippen molar-refractivity contribution in [1.82, 2.24) is 9.88 Å². The highest BCUT2D eigenvalue weighted by molar-refractivity contribution is 5.91. The van der Waals surface area contributed by atoms with Gasteiger partial charge in [-0.1, -0.05) is 109 Å². The Balaban J connectivity index is 1.38. The molecule has 6 heteroatoms. The molecule has 4 aromatic carbocycles. The minimum absolute atomic E-state index is 0.0255. The van der Waals surface area contributed by atoms with Crippen LogP contribution < -0.4 is 4.90 Å². The number of para-hydroxylation sites is 1. The number of H-pyrrole nitrogens is 1. The molecule has 3 heterocycles. The molecule has 1 saturated heterocycles. The number of rotatable bonds is 7. The zero-order chi connectivity index (χ0) is 30.8. The number of aromatic amines is 1. The number of esters is 1. The largest absolute Gasteiger partial charge is 0.466 e. The molecule has 7 rings (SSSR count). The van der Waals surface area contributed by atoms with Crippen LogP contribution in [0.5, 0.6) is 0 Å². The Kier molecular flexibility index (Phi) is 7.99. The fourth-order valence-corrected chi connectivity index (χ4v) is 7.91. The predicted molar refractivity (Wildman–Crippen MR) is 176 cm³/mol. The van der Waals surface area contributed by atoms with E-state index in [9.17, 15) is 4.79 Å². The van der Waals surface area contributed by atoms with Gasteiger partial charge in [-0.2, -0.15) is 0 Å². The van der Waals surface area contributed by atoms with Gasteiger partial charge in [-0.05, 0) is 36.1 Å². The first kappa shape index (κ1) is 29.1. The summed E-state index contributed by atoms with van der Waals surface area (Å²) >= 11 is 0. The lowest BCUT2D eigenvalue weighted by Gasteiger charge is -2.53. The van der Waals surface area contributed by atoms with Crippen LogP contribution in [0.3, 0.4) is 0 Å². The molecule has 0 saturated carbocycles. The third-order valence-electron chi connectivity index (χ3n) is 9.89. The van der Waals surface area contributed by atoms with E-state index < -0.39 is 17.4 Å². The first-order valence-corrected chi connectivity index (χ1v) is 16.2. The molecule has 1 unspecified atom stereocenters. The lowest BCUT2D eigenvalue weighted by Crippen LogP contribution is -3.13. The Hall–Kier alpha value is -4.68. The highest BCUT2D eigenvalue weighted by atomic mass is 16.5. The van der Waals surface area contributed by atoms with Crippen LogP contribution in [0.1, 0.15) is 47.2 Å². The number of carbonyl (C=O) groups excluding carboxylic acids is 2. The van der Waals surface area contributed by atoms with E-state index in [2.05, 4.69) is 52.3 Å². The van der Waals surface area contributed by atoms with Crippen molar-refractivity contribution in [3.05, 3.63) is 143 Å². The molecule has 1 amide bonds. The Morgan fingerprint density at radius 1 is 0.889 bits per heavy atom. The van der Waals surface area contributed by atoms with Crippen molar-refractivity contribution in [1.29, 1.82) is 0 Å². The Labute approximate surface area is 264 Å². The molecular formula is C39H40N3O3+. The number of hydrogen-bond donors (Lipinski definition) is 2. The van der Waals surface area contributed by atoms with Crippen molar-refractivity contribution in [3.63, 3.8) is 0 Å². The molecule has 2 aliphatic rings. The average molecular weight is 599 g/mol. The molecule has 0 radical (unpaired) electrons. The summed E-state index contributed by atoms with van der Waals surface area (Å²) in [6.45, 7) is 4.91. The normalized spacial score (nSPS) is 21.2. The molecule has 0 aliphatic carbocycles. The van der Waals surface area contributed by atoms with E-state index in [1.807, 2.05) is 79.7 Å². The summed E-state index contributed by atoms with van der Waals surface area (Å²) in [6.07, 6.45) is 1.37. The van der Waals surface area contributed by atoms with Gasteiger partial charge in [0.1, 0.15) is 18.0 Å². The van der Waals surface area contributed by atoms with Crippen LogP contribution in [0.2, 0.25) is 0 Å². The van der Waals surface area contributed by atoms with Crippen LogP contribution in [-0.4, -0.2) is 48.0 Å². The number of amides is 1. The fourth-order valence-electron chi connectivity index (χ4n) is 7.91. The van der Waals surface area contributed by atoms with E-state index in [-0.39, 0.29) is 11.9 Å². The maximum atomic E-state index is 15.2. The minimum atomic E-state index is -0.863. The summed E-state index contributed by atoms with van der Waals surface area (Å²) in [6, 6.07) is 38.9. The molecule has 1 aromatic heterocycles. The third-order valence-corrected chi connectivity index (χ3v) is 9.89. The van der Waals surface area contributed by atoms with Gasteiger partial charge in [-0.15, -0.1) is 0 Å². The first-order valence-electron chi connectivity index (χ1n) is 16.2. The molecule has 6 nitrogen and oxygen atoms in total. The fraction of sp³-hybridized carbons (Fsp3) is 0.282. The highest BCUT2D eigenvalue weighted by Gasteiger charge is 2.59. The van der Waals surface area contributed by atoms with Crippen molar-refractivity contribution in [2.45, 2.75) is 37.8 Å². The Bertz CT molecular complexity index is 1750. The molecule has 228 valence electrons. The van der Waals surface area contributed by atoms with E-state index in [4.69, 9.17) is 4.74 Å². The Morgan fingerprint density at radius 3 is 2.18 bits per heavy atom.